The van der Waals surface area contributed by atoms with Crippen molar-refractivity contribution in [3.8, 4) is 5.69 Å². The van der Waals surface area contributed by atoms with Crippen LogP contribution in [0.5, 0.6) is 0 Å². The van der Waals surface area contributed by atoms with E-state index in [2.05, 4.69) is 118 Å². The third-order valence-electron chi connectivity index (χ3n) is 7.23. The van der Waals surface area contributed by atoms with Crippen molar-refractivity contribution >= 4 is 60.0 Å². The Kier molecular flexibility index (Phi) is 2.83. The van der Waals surface area contributed by atoms with Gasteiger partial charge in [0.05, 0.1) is 16.6 Å². The first-order valence-electron chi connectivity index (χ1n) is 11.0. The van der Waals surface area contributed by atoms with Crippen LogP contribution >= 0.6 is 0 Å². The minimum atomic E-state index is 1.18. The van der Waals surface area contributed by atoms with Crippen molar-refractivity contribution in [1.82, 2.24) is 13.5 Å². The third-order valence-corrected chi connectivity index (χ3v) is 7.23. The van der Waals surface area contributed by atoms with E-state index in [1.54, 1.807) is 0 Å². The molecule has 8 aromatic rings. The van der Waals surface area contributed by atoms with Crippen molar-refractivity contribution in [1.29, 1.82) is 0 Å². The van der Waals surface area contributed by atoms with Crippen LogP contribution in [0.2, 0.25) is 0 Å². The zero-order chi connectivity index (χ0) is 21.0. The average Bonchev–Trinajstić information content (AvgIpc) is 3.47. The first-order chi connectivity index (χ1) is 15.8. The molecule has 4 aromatic carbocycles. The molecule has 0 spiro atoms. The molecular weight excluding hydrogens is 390 g/mol. The van der Waals surface area contributed by atoms with E-state index in [1.165, 1.54) is 65.7 Å². The predicted octanol–water partition coefficient (Wildman–Crippen LogP) is 7.27. The van der Waals surface area contributed by atoms with Crippen LogP contribution in [-0.4, -0.2) is 13.5 Å². The Morgan fingerprint density at radius 3 is 2.19 bits per heavy atom. The summed E-state index contributed by atoms with van der Waals surface area (Å²) < 4.78 is 7.16. The Morgan fingerprint density at radius 2 is 1.28 bits per heavy atom. The van der Waals surface area contributed by atoms with E-state index in [-0.39, 0.29) is 0 Å². The molecule has 8 rings (SSSR count). The van der Waals surface area contributed by atoms with Crippen LogP contribution in [0, 0.1) is 0 Å². The monoisotopic (exact) mass is 409 g/mol. The van der Waals surface area contributed by atoms with Gasteiger partial charge in [-0.05, 0) is 41.8 Å². The second kappa shape index (κ2) is 5.51. The summed E-state index contributed by atoms with van der Waals surface area (Å²) in [5, 5.41) is 7.89. The van der Waals surface area contributed by atoms with Gasteiger partial charge in [0, 0.05) is 51.4 Å². The van der Waals surface area contributed by atoms with E-state index >= 15 is 0 Å². The Morgan fingerprint density at radius 1 is 0.531 bits per heavy atom. The quantitative estimate of drug-likeness (QED) is 0.271. The van der Waals surface area contributed by atoms with Crippen molar-refractivity contribution in [2.24, 2.45) is 7.05 Å². The molecule has 0 bridgehead atoms. The number of fused-ring (bicyclic) bond motifs is 6. The van der Waals surface area contributed by atoms with Crippen LogP contribution in [0.25, 0.3) is 65.7 Å². The van der Waals surface area contributed by atoms with Crippen molar-refractivity contribution in [3.05, 3.63) is 97.2 Å². The lowest BCUT2D eigenvalue weighted by Gasteiger charge is -2.08. The van der Waals surface area contributed by atoms with Crippen LogP contribution in [-0.2, 0) is 7.05 Å². The summed E-state index contributed by atoms with van der Waals surface area (Å²) in [6.07, 6.45) is 2.20. The fourth-order valence-corrected chi connectivity index (χ4v) is 5.89. The molecule has 0 aliphatic rings. The van der Waals surface area contributed by atoms with E-state index < -0.39 is 0 Å². The first-order valence-corrected chi connectivity index (χ1v) is 11.0. The number of aryl methyl sites for hydroxylation is 1. The Balaban J connectivity index is 1.81. The van der Waals surface area contributed by atoms with Gasteiger partial charge in [-0.3, -0.25) is 4.40 Å². The van der Waals surface area contributed by atoms with Crippen molar-refractivity contribution < 1.29 is 0 Å². The van der Waals surface area contributed by atoms with Crippen LogP contribution in [0.3, 0.4) is 0 Å². The molecule has 3 heteroatoms. The number of para-hydroxylation sites is 2. The summed E-state index contributed by atoms with van der Waals surface area (Å²) in [6.45, 7) is 0. The molecule has 4 heterocycles. The van der Waals surface area contributed by atoms with Crippen molar-refractivity contribution in [3.63, 3.8) is 0 Å². The molecule has 150 valence electrons. The topological polar surface area (TPSA) is 14.3 Å². The predicted molar refractivity (Wildman–Crippen MR) is 134 cm³/mol. The van der Waals surface area contributed by atoms with Gasteiger partial charge in [-0.1, -0.05) is 54.6 Å². The number of hydrogen-bond donors (Lipinski definition) is 0. The van der Waals surface area contributed by atoms with Crippen LogP contribution in [0.1, 0.15) is 0 Å². The third kappa shape index (κ3) is 1.76. The van der Waals surface area contributed by atoms with E-state index in [0.717, 1.165) is 0 Å². The Bertz CT molecular complexity index is 1980. The van der Waals surface area contributed by atoms with Gasteiger partial charge >= 0.3 is 0 Å². The summed E-state index contributed by atoms with van der Waals surface area (Å²) >= 11 is 0. The summed E-state index contributed by atoms with van der Waals surface area (Å²) in [5.41, 5.74) is 7.50. The van der Waals surface area contributed by atoms with Gasteiger partial charge in [0.1, 0.15) is 5.65 Å². The summed E-state index contributed by atoms with van der Waals surface area (Å²) in [7, 11) is 2.19. The summed E-state index contributed by atoms with van der Waals surface area (Å²) in [6, 6.07) is 33.1. The van der Waals surface area contributed by atoms with E-state index in [9.17, 15) is 0 Å². The molecule has 0 radical (unpaired) electrons. The number of hydrogen-bond acceptors (Lipinski definition) is 0. The lowest BCUT2D eigenvalue weighted by atomic mass is 10.0. The summed E-state index contributed by atoms with van der Waals surface area (Å²) in [4.78, 5) is 0. The smallest absolute Gasteiger partial charge is 0.130 e. The fourth-order valence-electron chi connectivity index (χ4n) is 5.89. The van der Waals surface area contributed by atoms with Crippen LogP contribution < -0.4 is 0 Å². The lowest BCUT2D eigenvalue weighted by Crippen LogP contribution is -1.96. The average molecular weight is 409 g/mol. The van der Waals surface area contributed by atoms with Gasteiger partial charge in [-0.25, -0.2) is 0 Å². The van der Waals surface area contributed by atoms with Crippen LogP contribution in [0.4, 0.5) is 0 Å². The molecule has 3 nitrogen and oxygen atoms in total. The molecule has 4 aromatic heterocycles. The van der Waals surface area contributed by atoms with Gasteiger partial charge in [0.2, 0.25) is 0 Å². The normalized spacial score (nSPS) is 12.5. The van der Waals surface area contributed by atoms with E-state index in [1.807, 2.05) is 0 Å². The Hall–Kier alpha value is -4.24. The fraction of sp³-hybridized carbons (Fsp3) is 0.0345. The zero-order valence-electron chi connectivity index (χ0n) is 17.6. The molecule has 32 heavy (non-hydrogen) atoms. The van der Waals surface area contributed by atoms with E-state index in [4.69, 9.17) is 0 Å². The highest BCUT2D eigenvalue weighted by molar-refractivity contribution is 6.32. The molecule has 0 unspecified atom stereocenters. The molecule has 0 saturated carbocycles. The van der Waals surface area contributed by atoms with Crippen molar-refractivity contribution in [2.75, 3.05) is 0 Å². The van der Waals surface area contributed by atoms with Gasteiger partial charge < -0.3 is 9.13 Å². The van der Waals surface area contributed by atoms with E-state index in [0.29, 0.717) is 0 Å². The molecule has 0 N–H and O–H groups in total. The molecule has 0 aliphatic heterocycles. The van der Waals surface area contributed by atoms with Gasteiger partial charge in [0.15, 0.2) is 0 Å². The first kappa shape index (κ1) is 16.5. The maximum atomic E-state index is 2.49. The lowest BCUT2D eigenvalue weighted by molar-refractivity contribution is 1.01. The number of nitrogens with zero attached hydrogens (tertiary/aromatic N) is 3. The molecule has 0 atom stereocenters. The maximum Gasteiger partial charge on any atom is 0.130 e. The number of aromatic nitrogens is 3. The molecule has 0 amide bonds. The SMILES string of the molecule is Cn1c2cccc3c4ccccc4n4c5c(ccc1c5c32)c1ccn(-c2ccccc2)c14. The largest absolute Gasteiger partial charge is 0.344 e. The van der Waals surface area contributed by atoms with Crippen molar-refractivity contribution in [2.45, 2.75) is 0 Å². The second-order valence-electron chi connectivity index (χ2n) is 8.73. The molecule has 0 fully saturated rings. The highest BCUT2D eigenvalue weighted by Gasteiger charge is 2.22. The highest BCUT2D eigenvalue weighted by Crippen LogP contribution is 2.44. The van der Waals surface area contributed by atoms with Crippen LogP contribution in [0.15, 0.2) is 97.2 Å². The van der Waals surface area contributed by atoms with Gasteiger partial charge in [0.25, 0.3) is 0 Å². The maximum absolute atomic E-state index is 2.49. The molecular formula is C29H19N3. The summed E-state index contributed by atoms with van der Waals surface area (Å²) in [5.74, 6) is 0. The molecule has 0 saturated heterocycles. The molecule has 0 aliphatic carbocycles. The van der Waals surface area contributed by atoms with Gasteiger partial charge in [-0.15, -0.1) is 0 Å². The number of benzene rings is 4. The standard InChI is InChI=1S/C29H19N3/c1-30-24-13-7-11-20-19-10-5-6-12-23(19)32-28-21(14-15-25(30)27(28)26(20)24)22-16-17-31(29(22)32)18-8-3-2-4-9-18/h2-17H,1H3. The van der Waals surface area contributed by atoms with Gasteiger partial charge in [-0.2, -0.15) is 0 Å². The second-order valence-corrected chi connectivity index (χ2v) is 8.73. The zero-order valence-corrected chi connectivity index (χ0v) is 17.6. The minimum Gasteiger partial charge on any atom is -0.344 e. The highest BCUT2D eigenvalue weighted by atomic mass is 15.1. The Labute approximate surface area is 183 Å². The minimum absolute atomic E-state index is 1.18. The number of rotatable bonds is 1.